The van der Waals surface area contributed by atoms with E-state index in [9.17, 15) is 0 Å². The minimum Gasteiger partial charge on any atom is -0.334 e. The van der Waals surface area contributed by atoms with E-state index in [1.807, 2.05) is 6.07 Å². The molecule has 18 heavy (non-hydrogen) atoms. The summed E-state index contributed by atoms with van der Waals surface area (Å²) in [6, 6.07) is 6.56. The van der Waals surface area contributed by atoms with Crippen molar-refractivity contribution in [3.05, 3.63) is 35.2 Å². The maximum atomic E-state index is 5.28. The van der Waals surface area contributed by atoms with Crippen molar-refractivity contribution in [1.82, 2.24) is 15.5 Å². The molecule has 0 spiro atoms. The molecule has 0 radical (unpaired) electrons. The maximum absolute atomic E-state index is 5.28. The Morgan fingerprint density at radius 1 is 1.22 bits per heavy atom. The molecule has 0 unspecified atom stereocenters. The van der Waals surface area contributed by atoms with Gasteiger partial charge >= 0.3 is 0 Å². The van der Waals surface area contributed by atoms with Crippen molar-refractivity contribution in [2.75, 3.05) is 0 Å². The normalized spacial score (nSPS) is 11.2. The molecule has 1 aromatic heterocycles. The van der Waals surface area contributed by atoms with E-state index in [0.29, 0.717) is 24.3 Å². The third kappa shape index (κ3) is 2.96. The van der Waals surface area contributed by atoms with E-state index >= 15 is 0 Å². The van der Waals surface area contributed by atoms with Gasteiger partial charge in [-0.2, -0.15) is 4.98 Å². The molecule has 0 aliphatic carbocycles. The Morgan fingerprint density at radius 2 is 2.00 bits per heavy atom. The lowest BCUT2D eigenvalue weighted by Gasteiger charge is -2.03. The second-order valence-corrected chi connectivity index (χ2v) is 4.85. The first-order valence-corrected chi connectivity index (χ1v) is 6.20. The van der Waals surface area contributed by atoms with Gasteiger partial charge in [0.05, 0.1) is 6.54 Å². The Labute approximate surface area is 107 Å². The molecular formula is C14H19N3O. The summed E-state index contributed by atoms with van der Waals surface area (Å²) in [5.41, 5.74) is 3.47. The Kier molecular flexibility index (Phi) is 3.77. The number of aromatic nitrogens is 2. The lowest BCUT2D eigenvalue weighted by atomic mass is 10.1. The molecule has 0 aliphatic heterocycles. The van der Waals surface area contributed by atoms with Gasteiger partial charge in [0.2, 0.25) is 0 Å². The zero-order valence-electron chi connectivity index (χ0n) is 11.3. The molecule has 0 aliphatic rings. The molecule has 4 heteroatoms. The van der Waals surface area contributed by atoms with Crippen molar-refractivity contribution in [2.45, 2.75) is 40.3 Å². The van der Waals surface area contributed by atoms with Crippen LogP contribution in [-0.4, -0.2) is 16.2 Å². The second kappa shape index (κ2) is 5.31. The molecule has 0 saturated heterocycles. The highest BCUT2D eigenvalue weighted by Gasteiger charge is 2.09. The zero-order valence-corrected chi connectivity index (χ0v) is 11.3. The molecule has 4 nitrogen and oxygen atoms in total. The Hall–Kier alpha value is -1.68. The topological polar surface area (TPSA) is 51.0 Å². The predicted molar refractivity (Wildman–Crippen MR) is 71.2 cm³/mol. The third-order valence-corrected chi connectivity index (χ3v) is 2.89. The minimum atomic E-state index is 0.411. The van der Waals surface area contributed by atoms with Crippen molar-refractivity contribution < 1.29 is 4.52 Å². The van der Waals surface area contributed by atoms with E-state index in [-0.39, 0.29) is 0 Å². The Balaban J connectivity index is 2.16. The van der Waals surface area contributed by atoms with Crippen LogP contribution in [0.4, 0.5) is 0 Å². The van der Waals surface area contributed by atoms with Gasteiger partial charge in [-0.05, 0) is 37.1 Å². The van der Waals surface area contributed by atoms with E-state index in [1.165, 1.54) is 11.1 Å². The fraction of sp³-hybridized carbons (Fsp3) is 0.429. The van der Waals surface area contributed by atoms with Crippen LogP contribution < -0.4 is 5.32 Å². The highest BCUT2D eigenvalue weighted by molar-refractivity contribution is 5.55. The third-order valence-electron chi connectivity index (χ3n) is 2.89. The summed E-state index contributed by atoms with van der Waals surface area (Å²) in [4.78, 5) is 4.38. The molecule has 0 saturated carbocycles. The van der Waals surface area contributed by atoms with E-state index in [1.54, 1.807) is 0 Å². The number of nitrogens with one attached hydrogen (secondary N) is 1. The Morgan fingerprint density at radius 3 is 2.67 bits per heavy atom. The smallest absolute Gasteiger partial charge is 0.257 e. The minimum absolute atomic E-state index is 0.411. The largest absolute Gasteiger partial charge is 0.334 e. The zero-order chi connectivity index (χ0) is 13.1. The molecule has 0 fully saturated rings. The van der Waals surface area contributed by atoms with Gasteiger partial charge in [-0.1, -0.05) is 25.1 Å². The van der Waals surface area contributed by atoms with Gasteiger partial charge in [0.1, 0.15) is 0 Å². The van der Waals surface area contributed by atoms with Crippen molar-refractivity contribution in [2.24, 2.45) is 0 Å². The molecule has 96 valence electrons. The number of benzene rings is 1. The first-order chi connectivity index (χ1) is 8.56. The number of hydrogen-bond acceptors (Lipinski definition) is 4. The van der Waals surface area contributed by atoms with Gasteiger partial charge in [-0.25, -0.2) is 0 Å². The molecular weight excluding hydrogens is 226 g/mol. The number of hydrogen-bond donors (Lipinski definition) is 1. The van der Waals surface area contributed by atoms with Gasteiger partial charge in [-0.3, -0.25) is 0 Å². The van der Waals surface area contributed by atoms with Crippen LogP contribution in [0.15, 0.2) is 22.7 Å². The monoisotopic (exact) mass is 245 g/mol. The fourth-order valence-electron chi connectivity index (χ4n) is 1.61. The molecule has 0 atom stereocenters. The van der Waals surface area contributed by atoms with Crippen molar-refractivity contribution in [3.63, 3.8) is 0 Å². The molecule has 0 amide bonds. The quantitative estimate of drug-likeness (QED) is 0.900. The summed E-state index contributed by atoms with van der Waals surface area (Å²) in [5.74, 6) is 1.27. The summed E-state index contributed by atoms with van der Waals surface area (Å²) < 4.78 is 5.28. The van der Waals surface area contributed by atoms with Crippen LogP contribution in [0.2, 0.25) is 0 Å². The SMILES string of the molecule is Cc1ccc(-c2nc(CNC(C)C)no2)cc1C. The van der Waals surface area contributed by atoms with Gasteiger partial charge < -0.3 is 9.84 Å². The lowest BCUT2D eigenvalue weighted by Crippen LogP contribution is -2.22. The summed E-state index contributed by atoms with van der Waals surface area (Å²) >= 11 is 0. The van der Waals surface area contributed by atoms with Crippen LogP contribution in [0, 0.1) is 13.8 Å². The van der Waals surface area contributed by atoms with Crippen LogP contribution in [0.1, 0.15) is 30.8 Å². The fourth-order valence-corrected chi connectivity index (χ4v) is 1.61. The van der Waals surface area contributed by atoms with Crippen LogP contribution in [0.5, 0.6) is 0 Å². The van der Waals surface area contributed by atoms with Crippen LogP contribution in [0.3, 0.4) is 0 Å². The van der Waals surface area contributed by atoms with Crippen molar-refractivity contribution in [3.8, 4) is 11.5 Å². The van der Waals surface area contributed by atoms with Crippen LogP contribution >= 0.6 is 0 Å². The van der Waals surface area contributed by atoms with E-state index in [2.05, 4.69) is 55.3 Å². The highest BCUT2D eigenvalue weighted by atomic mass is 16.5. The number of rotatable bonds is 4. The molecule has 1 aromatic carbocycles. The maximum Gasteiger partial charge on any atom is 0.257 e. The van der Waals surface area contributed by atoms with Crippen molar-refractivity contribution >= 4 is 0 Å². The molecule has 1 heterocycles. The van der Waals surface area contributed by atoms with E-state index in [0.717, 1.165) is 5.56 Å². The van der Waals surface area contributed by atoms with Gasteiger partial charge in [0.25, 0.3) is 5.89 Å². The first kappa shape index (κ1) is 12.8. The highest BCUT2D eigenvalue weighted by Crippen LogP contribution is 2.20. The standard InChI is InChI=1S/C14H19N3O/c1-9(2)15-8-13-16-14(18-17-13)12-6-5-10(3)11(4)7-12/h5-7,9,15H,8H2,1-4H3. The van der Waals surface area contributed by atoms with Crippen molar-refractivity contribution in [1.29, 1.82) is 0 Å². The molecule has 0 bridgehead atoms. The Bertz CT molecular complexity index is 532. The van der Waals surface area contributed by atoms with Gasteiger partial charge in [0.15, 0.2) is 5.82 Å². The van der Waals surface area contributed by atoms with E-state index < -0.39 is 0 Å². The molecule has 2 rings (SSSR count). The van der Waals surface area contributed by atoms with Crippen LogP contribution in [0.25, 0.3) is 11.5 Å². The first-order valence-electron chi connectivity index (χ1n) is 6.20. The average molecular weight is 245 g/mol. The molecule has 2 aromatic rings. The van der Waals surface area contributed by atoms with Gasteiger partial charge in [-0.15, -0.1) is 0 Å². The lowest BCUT2D eigenvalue weighted by molar-refractivity contribution is 0.417. The van der Waals surface area contributed by atoms with Crippen LogP contribution in [-0.2, 0) is 6.54 Å². The summed E-state index contributed by atoms with van der Waals surface area (Å²) in [6.45, 7) is 8.97. The van der Waals surface area contributed by atoms with E-state index in [4.69, 9.17) is 4.52 Å². The predicted octanol–water partition coefficient (Wildman–Crippen LogP) is 2.85. The number of nitrogens with zero attached hydrogens (tertiary/aromatic N) is 2. The average Bonchev–Trinajstić information content (AvgIpc) is 2.79. The second-order valence-electron chi connectivity index (χ2n) is 4.85. The van der Waals surface area contributed by atoms with Gasteiger partial charge in [0, 0.05) is 11.6 Å². The summed E-state index contributed by atoms with van der Waals surface area (Å²) in [6.07, 6.45) is 0. The summed E-state index contributed by atoms with van der Waals surface area (Å²) in [5, 5.41) is 7.23. The summed E-state index contributed by atoms with van der Waals surface area (Å²) in [7, 11) is 0. The number of aryl methyl sites for hydroxylation is 2. The molecule has 1 N–H and O–H groups in total.